The third-order valence-electron chi connectivity index (χ3n) is 4.48. The second-order valence-corrected chi connectivity index (χ2v) is 6.58. The van der Waals surface area contributed by atoms with Crippen LogP contribution in [0, 0.1) is 0 Å². The van der Waals surface area contributed by atoms with Crippen molar-refractivity contribution in [2.24, 2.45) is 5.73 Å². The Morgan fingerprint density at radius 1 is 1.45 bits per heavy atom. The Kier molecular flexibility index (Phi) is 5.26. The first-order valence-corrected chi connectivity index (χ1v) is 8.39. The molecule has 0 aromatic carbocycles. The van der Waals surface area contributed by atoms with Gasteiger partial charge in [-0.15, -0.1) is 0 Å². The summed E-state index contributed by atoms with van der Waals surface area (Å²) in [5.74, 6) is 0. The van der Waals surface area contributed by atoms with Gasteiger partial charge in [-0.05, 0) is 55.0 Å². The van der Waals surface area contributed by atoms with Crippen molar-refractivity contribution in [3.8, 4) is 0 Å². The van der Waals surface area contributed by atoms with Crippen molar-refractivity contribution in [1.82, 2.24) is 9.78 Å². The largest absolute Gasteiger partial charge is 0.378 e. The zero-order chi connectivity index (χ0) is 14.8. The van der Waals surface area contributed by atoms with Gasteiger partial charge in [0, 0.05) is 26.1 Å². The zero-order valence-corrected chi connectivity index (χ0v) is 14.4. The van der Waals surface area contributed by atoms with E-state index in [9.17, 15) is 0 Å². The summed E-state index contributed by atoms with van der Waals surface area (Å²) in [7, 11) is 1.81. The summed E-state index contributed by atoms with van der Waals surface area (Å²) in [6.07, 6.45) is 6.28. The van der Waals surface area contributed by atoms with Gasteiger partial charge in [0.05, 0.1) is 21.5 Å². The number of nitrogens with zero attached hydrogens (tertiary/aromatic N) is 2. The number of halogens is 1. The molecule has 2 rings (SSSR count). The molecule has 0 aliphatic heterocycles. The molecule has 1 aliphatic rings. The van der Waals surface area contributed by atoms with E-state index in [-0.39, 0.29) is 11.6 Å². The Morgan fingerprint density at radius 3 is 2.60 bits per heavy atom. The number of hydrogen-bond donors (Lipinski definition) is 1. The zero-order valence-electron chi connectivity index (χ0n) is 12.8. The number of hydrogen-bond acceptors (Lipinski definition) is 3. The maximum Gasteiger partial charge on any atom is 0.0766 e. The first kappa shape index (κ1) is 16.0. The van der Waals surface area contributed by atoms with Crippen molar-refractivity contribution in [1.29, 1.82) is 0 Å². The van der Waals surface area contributed by atoms with E-state index in [1.165, 1.54) is 12.1 Å². The van der Waals surface area contributed by atoms with Gasteiger partial charge in [-0.1, -0.05) is 6.92 Å². The van der Waals surface area contributed by atoms with Crippen molar-refractivity contribution < 1.29 is 4.74 Å². The summed E-state index contributed by atoms with van der Waals surface area (Å²) >= 11 is 3.69. The Hall–Kier alpha value is -0.390. The highest BCUT2D eigenvalue weighted by Crippen LogP contribution is 2.39. The van der Waals surface area contributed by atoms with Gasteiger partial charge in [0.15, 0.2) is 0 Å². The fraction of sp³-hybridized carbons (Fsp3) is 0.800. The van der Waals surface area contributed by atoms with Gasteiger partial charge in [-0.2, -0.15) is 5.10 Å². The molecular weight excluding hydrogens is 318 g/mol. The van der Waals surface area contributed by atoms with Crippen molar-refractivity contribution in [3.05, 3.63) is 15.9 Å². The van der Waals surface area contributed by atoms with Gasteiger partial charge >= 0.3 is 0 Å². The minimum atomic E-state index is 0.0382. The van der Waals surface area contributed by atoms with Crippen molar-refractivity contribution in [2.45, 2.75) is 70.6 Å². The van der Waals surface area contributed by atoms with Crippen LogP contribution >= 0.6 is 15.9 Å². The number of nitrogens with two attached hydrogens (primary N) is 1. The number of aromatic nitrogens is 2. The fourth-order valence-corrected chi connectivity index (χ4v) is 3.80. The average Bonchev–Trinajstić information content (AvgIpc) is 2.70. The van der Waals surface area contributed by atoms with Gasteiger partial charge < -0.3 is 10.5 Å². The Labute approximate surface area is 130 Å². The lowest BCUT2D eigenvalue weighted by molar-refractivity contribution is -0.0814. The molecule has 1 heterocycles. The summed E-state index contributed by atoms with van der Waals surface area (Å²) < 4.78 is 8.89. The first-order chi connectivity index (χ1) is 9.55. The highest BCUT2D eigenvalue weighted by Gasteiger charge is 2.38. The van der Waals surface area contributed by atoms with E-state index >= 15 is 0 Å². The monoisotopic (exact) mass is 343 g/mol. The molecule has 1 aromatic rings. The molecule has 0 bridgehead atoms. The first-order valence-electron chi connectivity index (χ1n) is 7.60. The topological polar surface area (TPSA) is 53.1 Å². The van der Waals surface area contributed by atoms with Crippen molar-refractivity contribution in [3.63, 3.8) is 0 Å². The lowest BCUT2D eigenvalue weighted by Crippen LogP contribution is -2.45. The number of rotatable bonds is 7. The number of methoxy groups -OCH3 is 1. The van der Waals surface area contributed by atoms with Crippen molar-refractivity contribution in [2.75, 3.05) is 7.11 Å². The van der Waals surface area contributed by atoms with Crippen molar-refractivity contribution >= 4 is 15.9 Å². The van der Waals surface area contributed by atoms with Gasteiger partial charge in [0.25, 0.3) is 0 Å². The molecule has 4 nitrogen and oxygen atoms in total. The summed E-state index contributed by atoms with van der Waals surface area (Å²) in [5, 5.41) is 4.63. The van der Waals surface area contributed by atoms with Gasteiger partial charge in [0.2, 0.25) is 0 Å². The molecule has 1 aliphatic carbocycles. The van der Waals surface area contributed by atoms with E-state index in [1.54, 1.807) is 0 Å². The molecule has 5 heteroatoms. The molecule has 114 valence electrons. The Morgan fingerprint density at radius 2 is 2.15 bits per heavy atom. The van der Waals surface area contributed by atoms with Crippen LogP contribution in [0.25, 0.3) is 0 Å². The third kappa shape index (κ3) is 3.10. The van der Waals surface area contributed by atoms with Crippen LogP contribution in [0.4, 0.5) is 0 Å². The van der Waals surface area contributed by atoms with E-state index in [4.69, 9.17) is 10.5 Å². The number of aryl methyl sites for hydroxylation is 2. The molecule has 0 spiro atoms. The summed E-state index contributed by atoms with van der Waals surface area (Å²) in [4.78, 5) is 0. The highest BCUT2D eigenvalue weighted by molar-refractivity contribution is 9.10. The van der Waals surface area contributed by atoms with Crippen LogP contribution in [-0.2, 0) is 24.1 Å². The number of ether oxygens (including phenoxy) is 1. The predicted octanol–water partition coefficient (Wildman–Crippen LogP) is 3.06. The Bertz CT molecular complexity index is 449. The molecular formula is C15H26BrN3O. The van der Waals surface area contributed by atoms with Gasteiger partial charge in [0.1, 0.15) is 0 Å². The summed E-state index contributed by atoms with van der Waals surface area (Å²) in [6, 6.07) is 0.123. The van der Waals surface area contributed by atoms with Gasteiger partial charge in [-0.25, -0.2) is 0 Å². The molecule has 2 N–H and O–H groups in total. The SMILES string of the molecule is CCc1nn(CC)c(CC(N)CC2(OC)CCC2)c1Br. The maximum atomic E-state index is 6.38. The minimum Gasteiger partial charge on any atom is -0.378 e. The Balaban J connectivity index is 2.07. The third-order valence-corrected chi connectivity index (χ3v) is 5.40. The van der Waals surface area contributed by atoms with Crippen LogP contribution in [0.2, 0.25) is 0 Å². The summed E-state index contributed by atoms with van der Waals surface area (Å²) in [5.41, 5.74) is 8.77. The molecule has 20 heavy (non-hydrogen) atoms. The maximum absolute atomic E-state index is 6.38. The van der Waals surface area contributed by atoms with E-state index < -0.39 is 0 Å². The molecule has 1 atom stereocenters. The average molecular weight is 344 g/mol. The second kappa shape index (κ2) is 6.58. The molecule has 0 radical (unpaired) electrons. The predicted molar refractivity (Wildman–Crippen MR) is 84.9 cm³/mol. The van der Waals surface area contributed by atoms with Crippen LogP contribution in [0.3, 0.4) is 0 Å². The molecule has 1 saturated carbocycles. The molecule has 1 aromatic heterocycles. The fourth-order valence-electron chi connectivity index (χ4n) is 3.07. The molecule has 0 saturated heterocycles. The molecule has 1 fully saturated rings. The van der Waals surface area contributed by atoms with E-state index in [1.807, 2.05) is 7.11 Å². The van der Waals surface area contributed by atoms with Crippen LogP contribution in [0.5, 0.6) is 0 Å². The highest BCUT2D eigenvalue weighted by atomic mass is 79.9. The quantitative estimate of drug-likeness (QED) is 0.827. The van der Waals surface area contributed by atoms with Crippen LogP contribution in [-0.4, -0.2) is 28.5 Å². The van der Waals surface area contributed by atoms with E-state index in [0.717, 1.165) is 48.8 Å². The van der Waals surface area contributed by atoms with E-state index in [2.05, 4.69) is 39.6 Å². The van der Waals surface area contributed by atoms with Crippen LogP contribution in [0.1, 0.15) is 50.9 Å². The second-order valence-electron chi connectivity index (χ2n) is 5.79. The van der Waals surface area contributed by atoms with Gasteiger partial charge in [-0.3, -0.25) is 4.68 Å². The summed E-state index contributed by atoms with van der Waals surface area (Å²) in [6.45, 7) is 5.14. The lowest BCUT2D eigenvalue weighted by atomic mass is 9.75. The smallest absolute Gasteiger partial charge is 0.0766 e. The van der Waals surface area contributed by atoms with E-state index in [0.29, 0.717) is 0 Å². The van der Waals surface area contributed by atoms with Crippen LogP contribution < -0.4 is 5.73 Å². The normalized spacial score (nSPS) is 18.9. The standard InChI is InChI=1S/C15H26BrN3O/c1-4-12-14(16)13(19(5-2)18-12)9-11(17)10-15(20-3)7-6-8-15/h11H,4-10,17H2,1-3H3. The molecule has 1 unspecified atom stereocenters. The lowest BCUT2D eigenvalue weighted by Gasteiger charge is -2.42. The molecule has 0 amide bonds. The van der Waals surface area contributed by atoms with Crippen LogP contribution in [0.15, 0.2) is 4.47 Å². The minimum absolute atomic E-state index is 0.0382.